The molecule has 1 fully saturated rings. The molecule has 0 N–H and O–H groups in total. The standard InChI is InChI=1S/C69H94N2O5/c1-4-7-9-11-13-15-17-19-21-23-25-27-29-31-48-74-67-56-64(43-40-60-39-41-62-54-66(71-46-33-47-71)45-44-61(62)52-60)68(75-49-32-30-28-26-24-22-20-18-16-14-12-10-8-5-2)55-63(67)42-38-58-34-36-59(37-35-58)53-65(57-70)69(72)76-51-50-73-6-3/h34-37,39,41,44-45,52-56H,4-33,46-51H2,1-3H3/b65-53-. The summed E-state index contributed by atoms with van der Waals surface area (Å²) >= 11 is 0. The SMILES string of the molecule is CCCCCCCCCCCCCCCCOc1cc(C#Cc2ccc3cc(N4CCC4)ccc3c2)c(OCCCCCCCCCCCCCCCC)cc1C#Cc1ccc(/C=C(/C#N)C(=O)OCCOCC)cc1. The molecule has 0 aromatic heterocycles. The molecule has 0 radical (unpaired) electrons. The molecule has 5 rings (SSSR count). The van der Waals surface area contributed by atoms with Crippen molar-refractivity contribution < 1.29 is 23.7 Å². The Bertz CT molecular complexity index is 2460. The van der Waals surface area contributed by atoms with Gasteiger partial charge in [-0.2, -0.15) is 5.26 Å². The maximum absolute atomic E-state index is 12.6. The number of esters is 1. The average molecular weight is 1030 g/mol. The van der Waals surface area contributed by atoms with Crippen molar-refractivity contribution >= 4 is 28.5 Å². The van der Waals surface area contributed by atoms with Crippen molar-refractivity contribution in [2.24, 2.45) is 0 Å². The van der Waals surface area contributed by atoms with Crippen LogP contribution in [-0.4, -0.2) is 52.1 Å². The van der Waals surface area contributed by atoms with Crippen LogP contribution in [0.25, 0.3) is 16.8 Å². The van der Waals surface area contributed by atoms with Gasteiger partial charge in [-0.25, -0.2) is 4.79 Å². The molecule has 0 atom stereocenters. The minimum Gasteiger partial charge on any atom is -0.492 e. The Morgan fingerprint density at radius 2 is 0.947 bits per heavy atom. The molecular formula is C69H94N2O5. The van der Waals surface area contributed by atoms with Crippen molar-refractivity contribution in [3.8, 4) is 41.2 Å². The summed E-state index contributed by atoms with van der Waals surface area (Å²) in [6.07, 6.45) is 39.4. The highest BCUT2D eigenvalue weighted by atomic mass is 16.6. The predicted octanol–water partition coefficient (Wildman–Crippen LogP) is 18.1. The maximum Gasteiger partial charge on any atom is 0.348 e. The van der Waals surface area contributed by atoms with Gasteiger partial charge in [0, 0.05) is 48.6 Å². The van der Waals surface area contributed by atoms with Crippen LogP contribution >= 0.6 is 0 Å². The Morgan fingerprint density at radius 1 is 0.500 bits per heavy atom. The normalized spacial score (nSPS) is 12.1. The molecule has 7 heteroatoms. The molecule has 0 aliphatic carbocycles. The number of benzene rings is 4. The van der Waals surface area contributed by atoms with Gasteiger partial charge in [-0.1, -0.05) is 229 Å². The topological polar surface area (TPSA) is 81.0 Å². The van der Waals surface area contributed by atoms with Crippen LogP contribution in [0.2, 0.25) is 0 Å². The first kappa shape index (κ1) is 61.2. The third-order valence-electron chi connectivity index (χ3n) is 14.5. The lowest BCUT2D eigenvalue weighted by atomic mass is 10.0. The lowest BCUT2D eigenvalue weighted by molar-refractivity contribution is -0.139. The number of hydrogen-bond acceptors (Lipinski definition) is 7. The molecule has 0 bridgehead atoms. The number of anilines is 1. The number of carbonyl (C=O) groups excluding carboxylic acids is 1. The van der Waals surface area contributed by atoms with Gasteiger partial charge in [-0.05, 0) is 85.0 Å². The first-order valence-electron chi connectivity index (χ1n) is 30.2. The molecule has 1 heterocycles. The van der Waals surface area contributed by atoms with E-state index < -0.39 is 5.97 Å². The number of nitriles is 1. The monoisotopic (exact) mass is 1030 g/mol. The molecule has 4 aromatic rings. The molecule has 0 amide bonds. The van der Waals surface area contributed by atoms with Crippen LogP contribution in [0, 0.1) is 35.0 Å². The zero-order chi connectivity index (χ0) is 53.5. The molecule has 1 saturated heterocycles. The first-order chi connectivity index (χ1) is 37.5. The Morgan fingerprint density at radius 3 is 1.41 bits per heavy atom. The van der Waals surface area contributed by atoms with E-state index in [2.05, 4.69) is 78.8 Å². The number of carbonyl (C=O) groups is 1. The Labute approximate surface area is 460 Å². The average Bonchev–Trinajstić information content (AvgIpc) is 3.43. The number of rotatable bonds is 39. The van der Waals surface area contributed by atoms with Gasteiger partial charge in [0.1, 0.15) is 29.7 Å². The molecular weight excluding hydrogens is 937 g/mol. The third kappa shape index (κ3) is 24.5. The summed E-state index contributed by atoms with van der Waals surface area (Å²) in [6, 6.07) is 26.7. The van der Waals surface area contributed by atoms with Gasteiger partial charge >= 0.3 is 5.97 Å². The fourth-order valence-corrected chi connectivity index (χ4v) is 9.69. The zero-order valence-electron chi connectivity index (χ0n) is 47.4. The second-order valence-electron chi connectivity index (χ2n) is 20.9. The summed E-state index contributed by atoms with van der Waals surface area (Å²) in [6.45, 7) is 10.8. The number of nitrogens with zero attached hydrogens (tertiary/aromatic N) is 2. The van der Waals surface area contributed by atoms with E-state index in [-0.39, 0.29) is 18.8 Å². The van der Waals surface area contributed by atoms with Gasteiger partial charge in [-0.15, -0.1) is 0 Å². The molecule has 0 spiro atoms. The second kappa shape index (κ2) is 38.8. The van der Waals surface area contributed by atoms with E-state index >= 15 is 0 Å². The summed E-state index contributed by atoms with van der Waals surface area (Å²) < 4.78 is 23.8. The van der Waals surface area contributed by atoms with Gasteiger partial charge in [0.2, 0.25) is 0 Å². The lowest BCUT2D eigenvalue weighted by Gasteiger charge is -2.33. The lowest BCUT2D eigenvalue weighted by Crippen LogP contribution is -2.36. The molecule has 0 unspecified atom stereocenters. The summed E-state index contributed by atoms with van der Waals surface area (Å²) in [7, 11) is 0. The highest BCUT2D eigenvalue weighted by Crippen LogP contribution is 2.31. The molecule has 4 aromatic carbocycles. The number of fused-ring (bicyclic) bond motifs is 1. The van der Waals surface area contributed by atoms with Crippen LogP contribution in [0.3, 0.4) is 0 Å². The van der Waals surface area contributed by atoms with E-state index in [1.54, 1.807) is 0 Å². The van der Waals surface area contributed by atoms with Gasteiger partial charge in [0.15, 0.2) is 0 Å². The highest BCUT2D eigenvalue weighted by molar-refractivity contribution is 5.97. The Hall–Kier alpha value is -5.68. The zero-order valence-corrected chi connectivity index (χ0v) is 47.4. The molecule has 1 aliphatic rings. The van der Waals surface area contributed by atoms with Gasteiger partial charge in [0.25, 0.3) is 0 Å². The number of unbranched alkanes of at least 4 members (excludes halogenated alkanes) is 26. The van der Waals surface area contributed by atoms with E-state index in [0.29, 0.717) is 36.9 Å². The Kier molecular flexibility index (Phi) is 31.2. The van der Waals surface area contributed by atoms with Crippen LogP contribution in [-0.2, 0) is 14.3 Å². The Balaban J connectivity index is 1.28. The smallest absolute Gasteiger partial charge is 0.348 e. The van der Waals surface area contributed by atoms with Gasteiger partial charge < -0.3 is 23.8 Å². The van der Waals surface area contributed by atoms with Crippen LogP contribution in [0.5, 0.6) is 11.5 Å². The van der Waals surface area contributed by atoms with Gasteiger partial charge in [-0.3, -0.25) is 0 Å². The van der Waals surface area contributed by atoms with Crippen molar-refractivity contribution in [2.45, 2.75) is 207 Å². The van der Waals surface area contributed by atoms with Crippen LogP contribution in [0.1, 0.15) is 235 Å². The molecule has 1 aliphatic heterocycles. The van der Waals surface area contributed by atoms with Crippen molar-refractivity contribution in [3.05, 3.63) is 106 Å². The quantitative estimate of drug-likeness (QED) is 0.0145. The molecule has 76 heavy (non-hydrogen) atoms. The van der Waals surface area contributed by atoms with E-state index in [0.717, 1.165) is 61.0 Å². The van der Waals surface area contributed by atoms with Crippen molar-refractivity contribution in [3.63, 3.8) is 0 Å². The molecule has 7 nitrogen and oxygen atoms in total. The predicted molar refractivity (Wildman–Crippen MR) is 318 cm³/mol. The van der Waals surface area contributed by atoms with E-state index in [1.165, 1.54) is 183 Å². The maximum atomic E-state index is 12.6. The third-order valence-corrected chi connectivity index (χ3v) is 14.5. The second-order valence-corrected chi connectivity index (χ2v) is 20.9. The summed E-state index contributed by atoms with van der Waals surface area (Å²) in [5.74, 6) is 14.5. The minimum absolute atomic E-state index is 0.0717. The minimum atomic E-state index is -0.670. The largest absolute Gasteiger partial charge is 0.492 e. The number of hydrogen-bond donors (Lipinski definition) is 0. The summed E-state index contributed by atoms with van der Waals surface area (Å²) in [5.41, 5.74) is 5.20. The van der Waals surface area contributed by atoms with Crippen molar-refractivity contribution in [2.75, 3.05) is 51.0 Å². The van der Waals surface area contributed by atoms with E-state index in [9.17, 15) is 10.1 Å². The summed E-state index contributed by atoms with van der Waals surface area (Å²) in [4.78, 5) is 15.0. The van der Waals surface area contributed by atoms with Gasteiger partial charge in [0.05, 0.1) is 30.9 Å². The van der Waals surface area contributed by atoms with Crippen LogP contribution in [0.4, 0.5) is 5.69 Å². The fraction of sp³-hybridized carbons (Fsp3) is 0.565. The fourth-order valence-electron chi connectivity index (χ4n) is 9.69. The van der Waals surface area contributed by atoms with E-state index in [1.807, 2.05) is 49.4 Å². The van der Waals surface area contributed by atoms with E-state index in [4.69, 9.17) is 18.9 Å². The number of ether oxygens (including phenoxy) is 4. The first-order valence-corrected chi connectivity index (χ1v) is 30.2. The van der Waals surface area contributed by atoms with Crippen LogP contribution in [0.15, 0.2) is 78.4 Å². The summed E-state index contributed by atoms with van der Waals surface area (Å²) in [5, 5.41) is 12.1. The van der Waals surface area contributed by atoms with Crippen molar-refractivity contribution in [1.29, 1.82) is 5.26 Å². The molecule has 410 valence electrons. The highest BCUT2D eigenvalue weighted by Gasteiger charge is 2.15. The van der Waals surface area contributed by atoms with Crippen LogP contribution < -0.4 is 14.4 Å². The molecule has 0 saturated carbocycles. The van der Waals surface area contributed by atoms with Crippen molar-refractivity contribution in [1.82, 2.24) is 0 Å².